The summed E-state index contributed by atoms with van der Waals surface area (Å²) in [5.41, 5.74) is 1.66. The Balaban J connectivity index is 2.31. The van der Waals surface area contributed by atoms with E-state index in [4.69, 9.17) is 9.84 Å². The van der Waals surface area contributed by atoms with Crippen molar-refractivity contribution in [3.63, 3.8) is 0 Å². The molecule has 0 aromatic heterocycles. The first kappa shape index (κ1) is 9.77. The van der Waals surface area contributed by atoms with Crippen LogP contribution in [0.25, 0.3) is 22.0 Å². The summed E-state index contributed by atoms with van der Waals surface area (Å²) in [6, 6.07) is 7.48. The molecule has 17 heavy (non-hydrogen) atoms. The molecule has 0 amide bonds. The Labute approximate surface area is 96.3 Å². The first-order chi connectivity index (χ1) is 8.20. The van der Waals surface area contributed by atoms with Crippen LogP contribution in [-0.2, 0) is 0 Å². The Morgan fingerprint density at radius 2 is 2.12 bits per heavy atom. The van der Waals surface area contributed by atoms with Crippen molar-refractivity contribution in [3.05, 3.63) is 30.0 Å². The summed E-state index contributed by atoms with van der Waals surface area (Å²) in [6.45, 7) is 0. The van der Waals surface area contributed by atoms with E-state index in [0.717, 1.165) is 22.2 Å². The third-order valence-electron chi connectivity index (χ3n) is 2.89. The van der Waals surface area contributed by atoms with Crippen molar-refractivity contribution in [3.8, 4) is 17.0 Å². The molecule has 3 rings (SSSR count). The summed E-state index contributed by atoms with van der Waals surface area (Å²) in [7, 11) is 1.60. The molecule has 1 aliphatic heterocycles. The Hall–Kier alpha value is -2.43. The third-order valence-corrected chi connectivity index (χ3v) is 2.89. The Kier molecular flexibility index (Phi) is 1.89. The highest BCUT2D eigenvalue weighted by atomic mass is 16.5. The smallest absolute Gasteiger partial charge is 0.354 e. The summed E-state index contributed by atoms with van der Waals surface area (Å²) >= 11 is 0. The van der Waals surface area contributed by atoms with Gasteiger partial charge in [0.15, 0.2) is 0 Å². The molecule has 3 N–H and O–H groups in total. The molecular formula is C12H10N2O3. The van der Waals surface area contributed by atoms with E-state index < -0.39 is 5.97 Å². The average molecular weight is 230 g/mol. The number of carbonyl (C=O) groups is 1. The third kappa shape index (κ3) is 1.29. The molecule has 5 nitrogen and oxygen atoms in total. The topological polar surface area (TPSA) is 78.1 Å². The van der Waals surface area contributed by atoms with Gasteiger partial charge in [0.1, 0.15) is 11.4 Å². The van der Waals surface area contributed by atoms with Gasteiger partial charge in [0.25, 0.3) is 0 Å². The van der Waals surface area contributed by atoms with Gasteiger partial charge in [-0.1, -0.05) is 0 Å². The SMILES string of the molecule is COc1ccc2c3[nH][nH]c(C(=O)O)c-3cc2c1. The number of methoxy groups -OCH3 is 1. The van der Waals surface area contributed by atoms with Crippen molar-refractivity contribution in [2.75, 3.05) is 7.11 Å². The van der Waals surface area contributed by atoms with Gasteiger partial charge < -0.3 is 9.84 Å². The van der Waals surface area contributed by atoms with Gasteiger partial charge in [-0.05, 0) is 29.7 Å². The van der Waals surface area contributed by atoms with Crippen LogP contribution in [0.2, 0.25) is 0 Å². The molecule has 2 aliphatic rings. The quantitative estimate of drug-likeness (QED) is 0.632. The van der Waals surface area contributed by atoms with Crippen LogP contribution in [0, 0.1) is 0 Å². The standard InChI is InChI=1S/C12H10N2O3/c1-17-7-2-3-8-6(4-7)5-9-10(8)13-14-11(9)12(15)16/h2-5,13-14H,1H3,(H,15,16). The minimum Gasteiger partial charge on any atom is -0.497 e. The minimum atomic E-state index is -0.974. The van der Waals surface area contributed by atoms with Gasteiger partial charge >= 0.3 is 5.97 Å². The van der Waals surface area contributed by atoms with Crippen molar-refractivity contribution < 1.29 is 14.6 Å². The molecule has 1 heterocycles. The second-order valence-electron chi connectivity index (χ2n) is 3.82. The maximum Gasteiger partial charge on any atom is 0.354 e. The zero-order valence-corrected chi connectivity index (χ0v) is 9.07. The van der Waals surface area contributed by atoms with Crippen LogP contribution in [0.5, 0.6) is 5.75 Å². The lowest BCUT2D eigenvalue weighted by atomic mass is 10.2. The van der Waals surface area contributed by atoms with E-state index >= 15 is 0 Å². The number of carboxylic acid groups (broad SMARTS) is 1. The van der Waals surface area contributed by atoms with E-state index in [9.17, 15) is 4.79 Å². The normalized spacial score (nSPS) is 11.1. The van der Waals surface area contributed by atoms with Crippen molar-refractivity contribution in [2.24, 2.45) is 0 Å². The molecule has 0 bridgehead atoms. The van der Waals surface area contributed by atoms with Gasteiger partial charge in [-0.25, -0.2) is 4.79 Å². The van der Waals surface area contributed by atoms with Crippen molar-refractivity contribution in [1.29, 1.82) is 0 Å². The van der Waals surface area contributed by atoms with Gasteiger partial charge in [-0.15, -0.1) is 0 Å². The molecule has 1 aromatic rings. The number of carboxylic acids is 1. The van der Waals surface area contributed by atoms with Crippen LogP contribution in [0.1, 0.15) is 10.5 Å². The number of benzene rings is 1. The number of aromatic amines is 2. The lowest BCUT2D eigenvalue weighted by Gasteiger charge is -1.98. The Morgan fingerprint density at radius 1 is 1.29 bits per heavy atom. The number of aromatic carboxylic acids is 1. The van der Waals surface area contributed by atoms with Crippen LogP contribution in [-0.4, -0.2) is 28.4 Å². The summed E-state index contributed by atoms with van der Waals surface area (Å²) in [5.74, 6) is -0.218. The van der Waals surface area contributed by atoms with Crippen LogP contribution in [0.3, 0.4) is 0 Å². The predicted molar refractivity (Wildman–Crippen MR) is 62.8 cm³/mol. The predicted octanol–water partition coefficient (Wildman–Crippen LogP) is 2.31. The lowest BCUT2D eigenvalue weighted by molar-refractivity contribution is 0.0691. The van der Waals surface area contributed by atoms with Crippen LogP contribution in [0.15, 0.2) is 24.3 Å². The zero-order valence-electron chi connectivity index (χ0n) is 9.07. The van der Waals surface area contributed by atoms with Gasteiger partial charge in [0.05, 0.1) is 12.8 Å². The highest BCUT2D eigenvalue weighted by molar-refractivity contribution is 6.07. The van der Waals surface area contributed by atoms with Crippen molar-refractivity contribution >= 4 is 16.7 Å². The molecule has 0 radical (unpaired) electrons. The van der Waals surface area contributed by atoms with Crippen molar-refractivity contribution in [2.45, 2.75) is 0 Å². The minimum absolute atomic E-state index is 0.176. The first-order valence-electron chi connectivity index (χ1n) is 5.11. The van der Waals surface area contributed by atoms with E-state index in [-0.39, 0.29) is 5.69 Å². The molecule has 0 saturated carbocycles. The van der Waals surface area contributed by atoms with E-state index in [2.05, 4.69) is 10.2 Å². The number of hydrogen-bond acceptors (Lipinski definition) is 2. The molecule has 0 atom stereocenters. The monoisotopic (exact) mass is 230 g/mol. The van der Waals surface area contributed by atoms with Gasteiger partial charge in [-0.3, -0.25) is 10.2 Å². The Bertz CT molecular complexity index is 680. The van der Waals surface area contributed by atoms with E-state index in [1.165, 1.54) is 0 Å². The van der Waals surface area contributed by atoms with Crippen LogP contribution < -0.4 is 4.74 Å². The number of rotatable bonds is 2. The number of H-pyrrole nitrogens is 2. The molecule has 0 fully saturated rings. The fourth-order valence-corrected chi connectivity index (χ4v) is 2.08. The largest absolute Gasteiger partial charge is 0.497 e. The number of nitrogens with one attached hydrogen (secondary N) is 2. The summed E-state index contributed by atoms with van der Waals surface area (Å²) in [4.78, 5) is 11.0. The number of aromatic nitrogens is 2. The first-order valence-corrected chi connectivity index (χ1v) is 5.11. The fourth-order valence-electron chi connectivity index (χ4n) is 2.08. The summed E-state index contributed by atoms with van der Waals surface area (Å²) in [6.07, 6.45) is 0. The zero-order chi connectivity index (χ0) is 12.0. The molecule has 1 aromatic carbocycles. The van der Waals surface area contributed by atoms with Crippen molar-refractivity contribution in [1.82, 2.24) is 10.2 Å². The molecule has 0 saturated heterocycles. The maximum absolute atomic E-state index is 11.0. The second-order valence-corrected chi connectivity index (χ2v) is 3.82. The Morgan fingerprint density at radius 3 is 2.82 bits per heavy atom. The molecular weight excluding hydrogens is 220 g/mol. The lowest BCUT2D eigenvalue weighted by Crippen LogP contribution is -1.96. The molecule has 0 unspecified atom stereocenters. The summed E-state index contributed by atoms with van der Waals surface area (Å²) < 4.78 is 5.14. The highest BCUT2D eigenvalue weighted by Gasteiger charge is 2.20. The van der Waals surface area contributed by atoms with E-state index in [1.807, 2.05) is 24.3 Å². The number of ether oxygens (including phenoxy) is 1. The van der Waals surface area contributed by atoms with Gasteiger partial charge in [0.2, 0.25) is 0 Å². The van der Waals surface area contributed by atoms with Gasteiger partial charge in [-0.2, -0.15) is 0 Å². The fraction of sp³-hybridized carbons (Fsp3) is 0.0833. The van der Waals surface area contributed by atoms with Crippen LogP contribution >= 0.6 is 0 Å². The maximum atomic E-state index is 11.0. The summed E-state index contributed by atoms with van der Waals surface area (Å²) in [5, 5.41) is 16.5. The van der Waals surface area contributed by atoms with E-state index in [0.29, 0.717) is 5.56 Å². The number of fused-ring (bicyclic) bond motifs is 3. The molecule has 0 spiro atoms. The van der Waals surface area contributed by atoms with E-state index in [1.54, 1.807) is 7.11 Å². The van der Waals surface area contributed by atoms with Gasteiger partial charge in [0, 0.05) is 10.9 Å². The second kappa shape index (κ2) is 3.28. The molecule has 1 aliphatic carbocycles. The average Bonchev–Trinajstić information content (AvgIpc) is 2.85. The molecule has 5 heteroatoms. The van der Waals surface area contributed by atoms with Crippen LogP contribution in [0.4, 0.5) is 0 Å². The number of hydrogen-bond donors (Lipinski definition) is 3. The highest BCUT2D eigenvalue weighted by Crippen LogP contribution is 2.36. The molecule has 86 valence electrons.